The van der Waals surface area contributed by atoms with Gasteiger partial charge in [-0.2, -0.15) is 0 Å². The molecule has 3 rings (SSSR count). The van der Waals surface area contributed by atoms with Crippen LogP contribution in [0.25, 0.3) is 0 Å². The lowest BCUT2D eigenvalue weighted by atomic mass is 10.3. The largest absolute Gasteiger partial charge is 0.486 e. The monoisotopic (exact) mass is 389 g/mol. The molecule has 3 aromatic rings. The van der Waals surface area contributed by atoms with E-state index in [1.807, 2.05) is 0 Å². The lowest BCUT2D eigenvalue weighted by Crippen LogP contribution is -2.38. The Morgan fingerprint density at radius 2 is 1.81 bits per heavy atom. The van der Waals surface area contributed by atoms with Gasteiger partial charge in [-0.15, -0.1) is 0 Å². The molecule has 0 bridgehead atoms. The van der Waals surface area contributed by atoms with Crippen LogP contribution in [0.4, 0.5) is 5.82 Å². The first kappa shape index (κ1) is 18.5. The summed E-state index contributed by atoms with van der Waals surface area (Å²) in [4.78, 5) is 35.9. The van der Waals surface area contributed by atoms with Crippen LogP contribution in [0.1, 0.15) is 16.3 Å². The Kier molecular flexibility index (Phi) is 5.18. The maximum atomic E-state index is 12.3. The van der Waals surface area contributed by atoms with Gasteiger partial charge in [0.1, 0.15) is 23.9 Å². The van der Waals surface area contributed by atoms with Crippen LogP contribution in [0.15, 0.2) is 56.5 Å². The highest BCUT2D eigenvalue weighted by Crippen LogP contribution is 2.18. The molecule has 140 valence electrons. The predicted octanol–water partition coefficient (Wildman–Crippen LogP) is 2.16. The van der Waals surface area contributed by atoms with E-state index in [1.54, 1.807) is 30.3 Å². The number of rotatable bonds is 5. The third-order valence-corrected chi connectivity index (χ3v) is 4.10. The van der Waals surface area contributed by atoms with E-state index < -0.39 is 17.2 Å². The maximum absolute atomic E-state index is 12.3. The second-order valence-corrected chi connectivity index (χ2v) is 6.17. The predicted molar refractivity (Wildman–Crippen MR) is 99.4 cm³/mol. The SMILES string of the molecule is Cn1c(NC(=O)c2ccc(COc3ccc(Cl)cc3)o2)cc(=O)n(C)c1=O. The summed E-state index contributed by atoms with van der Waals surface area (Å²) in [5.74, 6) is 0.558. The Balaban J connectivity index is 1.69. The molecule has 0 fully saturated rings. The number of aromatic nitrogens is 2. The van der Waals surface area contributed by atoms with E-state index in [4.69, 9.17) is 20.8 Å². The molecule has 0 aliphatic heterocycles. The fourth-order valence-corrected chi connectivity index (χ4v) is 2.42. The van der Waals surface area contributed by atoms with Crippen LogP contribution < -0.4 is 21.3 Å². The van der Waals surface area contributed by atoms with Crippen molar-refractivity contribution in [2.75, 3.05) is 5.32 Å². The summed E-state index contributed by atoms with van der Waals surface area (Å²) in [6.07, 6.45) is 0. The van der Waals surface area contributed by atoms with E-state index in [9.17, 15) is 14.4 Å². The first-order valence-corrected chi connectivity index (χ1v) is 8.28. The van der Waals surface area contributed by atoms with E-state index in [-0.39, 0.29) is 18.2 Å². The van der Waals surface area contributed by atoms with Gasteiger partial charge >= 0.3 is 5.69 Å². The zero-order valence-corrected chi connectivity index (χ0v) is 15.3. The second kappa shape index (κ2) is 7.55. The Bertz CT molecular complexity index is 1100. The van der Waals surface area contributed by atoms with Crippen LogP contribution in [0.2, 0.25) is 5.02 Å². The lowest BCUT2D eigenvalue weighted by molar-refractivity contribution is 0.0991. The summed E-state index contributed by atoms with van der Waals surface area (Å²) in [5, 5.41) is 3.09. The number of carbonyl (C=O) groups excluding carboxylic acids is 1. The van der Waals surface area contributed by atoms with E-state index in [0.29, 0.717) is 16.5 Å². The molecule has 0 radical (unpaired) electrons. The summed E-state index contributed by atoms with van der Waals surface area (Å²) in [7, 11) is 2.81. The van der Waals surface area contributed by atoms with Gasteiger partial charge in [0.05, 0.1) is 0 Å². The van der Waals surface area contributed by atoms with Crippen molar-refractivity contribution in [1.82, 2.24) is 9.13 Å². The Morgan fingerprint density at radius 3 is 2.52 bits per heavy atom. The minimum Gasteiger partial charge on any atom is -0.486 e. The topological polar surface area (TPSA) is 95.5 Å². The number of hydrogen-bond acceptors (Lipinski definition) is 5. The number of amides is 1. The van der Waals surface area contributed by atoms with Gasteiger partial charge in [-0.25, -0.2) is 4.79 Å². The van der Waals surface area contributed by atoms with Crippen LogP contribution >= 0.6 is 11.6 Å². The molecule has 1 amide bonds. The van der Waals surface area contributed by atoms with Gasteiger partial charge < -0.3 is 14.5 Å². The maximum Gasteiger partial charge on any atom is 0.332 e. The molecule has 9 heteroatoms. The van der Waals surface area contributed by atoms with Crippen LogP contribution in [0, 0.1) is 0 Å². The molecule has 0 atom stereocenters. The molecule has 27 heavy (non-hydrogen) atoms. The van der Waals surface area contributed by atoms with Crippen LogP contribution in [-0.2, 0) is 20.7 Å². The van der Waals surface area contributed by atoms with E-state index in [0.717, 1.165) is 15.2 Å². The first-order chi connectivity index (χ1) is 12.8. The molecule has 0 spiro atoms. The minimum absolute atomic E-state index is 0.0258. The van der Waals surface area contributed by atoms with Gasteiger partial charge in [0.2, 0.25) is 0 Å². The quantitative estimate of drug-likeness (QED) is 0.721. The number of carbonyl (C=O) groups is 1. The standard InChI is InChI=1S/C18H16ClN3O5/c1-21-15(9-16(23)22(2)18(21)25)20-17(24)14-8-7-13(27-14)10-26-12-5-3-11(19)4-6-12/h3-9H,10H2,1-2H3,(H,20,24). The molecule has 0 unspecified atom stereocenters. The third-order valence-electron chi connectivity index (χ3n) is 3.85. The number of anilines is 1. The van der Waals surface area contributed by atoms with Gasteiger partial charge in [0, 0.05) is 25.2 Å². The Labute approximate surface area is 158 Å². The van der Waals surface area contributed by atoms with Crippen LogP contribution in [-0.4, -0.2) is 15.0 Å². The molecule has 0 aliphatic rings. The van der Waals surface area contributed by atoms with Crippen molar-refractivity contribution in [3.63, 3.8) is 0 Å². The van der Waals surface area contributed by atoms with Crippen LogP contribution in [0.5, 0.6) is 5.75 Å². The molecule has 2 heterocycles. The van der Waals surface area contributed by atoms with E-state index in [1.165, 1.54) is 20.2 Å². The molecule has 0 saturated heterocycles. The minimum atomic E-state index is -0.587. The second-order valence-electron chi connectivity index (χ2n) is 5.73. The Morgan fingerprint density at radius 1 is 1.11 bits per heavy atom. The average molecular weight is 390 g/mol. The van der Waals surface area contributed by atoms with E-state index >= 15 is 0 Å². The van der Waals surface area contributed by atoms with Crippen molar-refractivity contribution >= 4 is 23.3 Å². The van der Waals surface area contributed by atoms with Gasteiger partial charge in [0.15, 0.2) is 5.76 Å². The van der Waals surface area contributed by atoms with Crippen molar-refractivity contribution < 1.29 is 13.9 Å². The van der Waals surface area contributed by atoms with Crippen molar-refractivity contribution in [2.24, 2.45) is 14.1 Å². The average Bonchev–Trinajstić information content (AvgIpc) is 3.13. The smallest absolute Gasteiger partial charge is 0.332 e. The van der Waals surface area contributed by atoms with E-state index in [2.05, 4.69) is 5.32 Å². The fourth-order valence-electron chi connectivity index (χ4n) is 2.29. The normalized spacial score (nSPS) is 10.6. The highest BCUT2D eigenvalue weighted by Gasteiger charge is 2.15. The van der Waals surface area contributed by atoms with Gasteiger partial charge in [0.25, 0.3) is 11.5 Å². The number of benzene rings is 1. The summed E-state index contributed by atoms with van der Waals surface area (Å²) in [6.45, 7) is 0.124. The zero-order valence-electron chi connectivity index (χ0n) is 14.6. The van der Waals surface area contributed by atoms with Crippen molar-refractivity contribution in [2.45, 2.75) is 6.61 Å². The fraction of sp³-hybridized carbons (Fsp3) is 0.167. The molecule has 1 N–H and O–H groups in total. The number of nitrogens with zero attached hydrogens (tertiary/aromatic N) is 2. The molecule has 2 aromatic heterocycles. The molecular weight excluding hydrogens is 374 g/mol. The van der Waals surface area contributed by atoms with Gasteiger partial charge in [-0.1, -0.05) is 11.6 Å². The Hall–Kier alpha value is -3.26. The highest BCUT2D eigenvalue weighted by molar-refractivity contribution is 6.30. The number of hydrogen-bond donors (Lipinski definition) is 1. The molecular formula is C18H16ClN3O5. The van der Waals surface area contributed by atoms with Gasteiger partial charge in [-0.05, 0) is 36.4 Å². The summed E-state index contributed by atoms with van der Waals surface area (Å²) in [5.41, 5.74) is -1.07. The highest BCUT2D eigenvalue weighted by atomic mass is 35.5. The summed E-state index contributed by atoms with van der Waals surface area (Å²) in [6, 6.07) is 11.1. The van der Waals surface area contributed by atoms with Crippen molar-refractivity contribution in [3.05, 3.63) is 79.8 Å². The van der Waals surface area contributed by atoms with Crippen LogP contribution in [0.3, 0.4) is 0 Å². The molecule has 0 saturated carbocycles. The summed E-state index contributed by atoms with van der Waals surface area (Å²) >= 11 is 5.81. The first-order valence-electron chi connectivity index (χ1n) is 7.90. The number of ether oxygens (including phenoxy) is 1. The number of furan rings is 1. The zero-order chi connectivity index (χ0) is 19.6. The number of halogens is 1. The third kappa shape index (κ3) is 4.12. The number of nitrogens with one attached hydrogen (secondary N) is 1. The van der Waals surface area contributed by atoms with Crippen molar-refractivity contribution in [3.8, 4) is 5.75 Å². The lowest BCUT2D eigenvalue weighted by Gasteiger charge is -2.09. The molecule has 1 aromatic carbocycles. The molecule has 8 nitrogen and oxygen atoms in total. The van der Waals surface area contributed by atoms with Gasteiger partial charge in [-0.3, -0.25) is 18.7 Å². The van der Waals surface area contributed by atoms with Crippen molar-refractivity contribution in [1.29, 1.82) is 0 Å². The molecule has 0 aliphatic carbocycles. The summed E-state index contributed by atoms with van der Waals surface area (Å²) < 4.78 is 13.1.